The topological polar surface area (TPSA) is 38.1 Å². The van der Waals surface area contributed by atoms with Gasteiger partial charge < -0.3 is 4.90 Å². The van der Waals surface area contributed by atoms with Crippen LogP contribution < -0.4 is 5.56 Å². The molecular weight excluding hydrogens is 354 g/mol. The van der Waals surface area contributed by atoms with Crippen LogP contribution in [0.15, 0.2) is 58.5 Å². The molecule has 0 spiro atoms. The van der Waals surface area contributed by atoms with Crippen molar-refractivity contribution < 1.29 is 0 Å². The molecule has 1 aromatic heterocycles. The average molecular weight is 380 g/mol. The van der Waals surface area contributed by atoms with Crippen molar-refractivity contribution >= 4 is 22.7 Å². The predicted molar refractivity (Wildman–Crippen MR) is 113 cm³/mol. The highest BCUT2D eigenvalue weighted by Gasteiger charge is 2.15. The SMILES string of the molecule is Cc1cccc(-n2c(SCCN3CCCCC3)nc3ccccc3c2=O)c1. The number of likely N-dealkylation sites (tertiary alicyclic amines) is 1. The molecule has 5 heteroatoms. The summed E-state index contributed by atoms with van der Waals surface area (Å²) in [6, 6.07) is 15.7. The van der Waals surface area contributed by atoms with E-state index in [0.29, 0.717) is 5.39 Å². The third-order valence-electron chi connectivity index (χ3n) is 5.09. The normalized spacial score (nSPS) is 15.3. The third kappa shape index (κ3) is 4.09. The van der Waals surface area contributed by atoms with Crippen LogP contribution in [0.4, 0.5) is 0 Å². The summed E-state index contributed by atoms with van der Waals surface area (Å²) in [7, 11) is 0. The fraction of sp³-hybridized carbons (Fsp3) is 0.364. The highest BCUT2D eigenvalue weighted by atomic mass is 32.2. The zero-order valence-corrected chi connectivity index (χ0v) is 16.5. The molecule has 4 nitrogen and oxygen atoms in total. The van der Waals surface area contributed by atoms with Crippen molar-refractivity contribution in [2.24, 2.45) is 0 Å². The van der Waals surface area contributed by atoms with Crippen LogP contribution in [0.2, 0.25) is 0 Å². The first-order valence-electron chi connectivity index (χ1n) is 9.66. The summed E-state index contributed by atoms with van der Waals surface area (Å²) >= 11 is 1.68. The number of hydrogen-bond acceptors (Lipinski definition) is 4. The summed E-state index contributed by atoms with van der Waals surface area (Å²) in [6.07, 6.45) is 3.95. The summed E-state index contributed by atoms with van der Waals surface area (Å²) in [5.41, 5.74) is 2.80. The molecule has 0 N–H and O–H groups in total. The molecular formula is C22H25N3OS. The van der Waals surface area contributed by atoms with Crippen molar-refractivity contribution in [3.63, 3.8) is 0 Å². The van der Waals surface area contributed by atoms with Crippen LogP contribution in [-0.4, -0.2) is 39.8 Å². The Morgan fingerprint density at radius 3 is 2.67 bits per heavy atom. The van der Waals surface area contributed by atoms with Crippen LogP contribution in [0.3, 0.4) is 0 Å². The molecule has 0 unspecified atom stereocenters. The molecule has 0 bridgehead atoms. The van der Waals surface area contributed by atoms with E-state index in [9.17, 15) is 4.79 Å². The molecule has 0 aliphatic carbocycles. The molecule has 27 heavy (non-hydrogen) atoms. The second-order valence-corrected chi connectivity index (χ2v) is 8.20. The molecule has 4 rings (SSSR count). The Morgan fingerprint density at radius 1 is 1.04 bits per heavy atom. The number of piperidine rings is 1. The summed E-state index contributed by atoms with van der Waals surface area (Å²) < 4.78 is 1.77. The van der Waals surface area contributed by atoms with Gasteiger partial charge in [-0.15, -0.1) is 0 Å². The smallest absolute Gasteiger partial charge is 0.266 e. The zero-order valence-electron chi connectivity index (χ0n) is 15.7. The Balaban J connectivity index is 1.69. The molecule has 0 atom stereocenters. The number of thioether (sulfide) groups is 1. The van der Waals surface area contributed by atoms with Crippen LogP contribution in [-0.2, 0) is 0 Å². The Hall–Kier alpha value is -2.11. The van der Waals surface area contributed by atoms with E-state index in [1.165, 1.54) is 32.4 Å². The second kappa shape index (κ2) is 8.28. The molecule has 0 saturated carbocycles. The van der Waals surface area contributed by atoms with Crippen LogP contribution in [0.25, 0.3) is 16.6 Å². The summed E-state index contributed by atoms with van der Waals surface area (Å²) in [5.74, 6) is 0.941. The van der Waals surface area contributed by atoms with E-state index in [-0.39, 0.29) is 5.56 Å². The molecule has 1 saturated heterocycles. The Bertz CT molecular complexity index is 992. The maximum atomic E-state index is 13.2. The quantitative estimate of drug-likeness (QED) is 0.490. The molecule has 0 radical (unpaired) electrons. The van der Waals surface area contributed by atoms with Crippen molar-refractivity contribution in [2.75, 3.05) is 25.4 Å². The van der Waals surface area contributed by atoms with Gasteiger partial charge in [-0.2, -0.15) is 0 Å². The van der Waals surface area contributed by atoms with E-state index in [4.69, 9.17) is 4.98 Å². The van der Waals surface area contributed by atoms with Crippen molar-refractivity contribution in [3.8, 4) is 5.69 Å². The number of benzene rings is 2. The van der Waals surface area contributed by atoms with E-state index in [1.54, 1.807) is 16.3 Å². The van der Waals surface area contributed by atoms with Gasteiger partial charge in [0, 0.05) is 12.3 Å². The monoisotopic (exact) mass is 379 g/mol. The molecule has 2 aromatic carbocycles. The van der Waals surface area contributed by atoms with Gasteiger partial charge in [-0.25, -0.2) is 4.98 Å². The summed E-state index contributed by atoms with van der Waals surface area (Å²) in [4.78, 5) is 20.6. The van der Waals surface area contributed by atoms with Gasteiger partial charge in [0.25, 0.3) is 5.56 Å². The number of hydrogen-bond donors (Lipinski definition) is 0. The maximum absolute atomic E-state index is 13.2. The molecule has 0 amide bonds. The van der Waals surface area contributed by atoms with E-state index in [1.807, 2.05) is 55.5 Å². The van der Waals surface area contributed by atoms with Gasteiger partial charge in [0.05, 0.1) is 16.6 Å². The van der Waals surface area contributed by atoms with E-state index in [0.717, 1.165) is 34.2 Å². The molecule has 140 valence electrons. The lowest BCUT2D eigenvalue weighted by Crippen LogP contribution is -2.31. The van der Waals surface area contributed by atoms with Crippen molar-refractivity contribution in [3.05, 3.63) is 64.4 Å². The number of rotatable bonds is 5. The predicted octanol–water partition coefficient (Wildman–Crippen LogP) is 4.27. The van der Waals surface area contributed by atoms with E-state index in [2.05, 4.69) is 4.90 Å². The van der Waals surface area contributed by atoms with Crippen LogP contribution in [0.1, 0.15) is 24.8 Å². The Morgan fingerprint density at radius 2 is 1.85 bits per heavy atom. The second-order valence-electron chi connectivity index (χ2n) is 7.14. The fourth-order valence-corrected chi connectivity index (χ4v) is 4.67. The third-order valence-corrected chi connectivity index (χ3v) is 6.01. The molecule has 1 aliphatic rings. The lowest BCUT2D eigenvalue weighted by molar-refractivity contribution is 0.242. The van der Waals surface area contributed by atoms with Gasteiger partial charge in [-0.3, -0.25) is 9.36 Å². The zero-order chi connectivity index (χ0) is 18.6. The van der Waals surface area contributed by atoms with Gasteiger partial charge in [0.2, 0.25) is 0 Å². The molecule has 1 aliphatic heterocycles. The largest absolute Gasteiger partial charge is 0.303 e. The summed E-state index contributed by atoms with van der Waals surface area (Å²) in [6.45, 7) is 5.47. The minimum absolute atomic E-state index is 0.00618. The van der Waals surface area contributed by atoms with Gasteiger partial charge in [0.1, 0.15) is 0 Å². The fourth-order valence-electron chi connectivity index (χ4n) is 3.65. The van der Waals surface area contributed by atoms with Crippen LogP contribution >= 0.6 is 11.8 Å². The van der Waals surface area contributed by atoms with Crippen molar-refractivity contribution in [2.45, 2.75) is 31.3 Å². The Kier molecular flexibility index (Phi) is 5.60. The first-order valence-corrected chi connectivity index (χ1v) is 10.6. The van der Waals surface area contributed by atoms with Gasteiger partial charge in [-0.1, -0.05) is 42.4 Å². The molecule has 2 heterocycles. The minimum atomic E-state index is 0.00618. The number of fused-ring (bicyclic) bond motifs is 1. The lowest BCUT2D eigenvalue weighted by atomic mass is 10.1. The lowest BCUT2D eigenvalue weighted by Gasteiger charge is -2.26. The summed E-state index contributed by atoms with van der Waals surface area (Å²) in [5, 5.41) is 1.45. The van der Waals surface area contributed by atoms with Crippen LogP contribution in [0.5, 0.6) is 0 Å². The first kappa shape index (κ1) is 18.3. The van der Waals surface area contributed by atoms with Crippen LogP contribution in [0, 0.1) is 6.92 Å². The number of para-hydroxylation sites is 1. The highest BCUT2D eigenvalue weighted by molar-refractivity contribution is 7.99. The molecule has 1 fully saturated rings. The average Bonchev–Trinajstić information content (AvgIpc) is 2.69. The molecule has 3 aromatic rings. The van der Waals surface area contributed by atoms with Gasteiger partial charge in [-0.05, 0) is 62.7 Å². The standard InChI is InChI=1S/C22H25N3OS/c1-17-8-7-9-18(16-17)25-21(26)19-10-3-4-11-20(19)23-22(25)27-15-14-24-12-5-2-6-13-24/h3-4,7-11,16H,2,5-6,12-15H2,1H3. The van der Waals surface area contributed by atoms with Gasteiger partial charge in [0.15, 0.2) is 5.16 Å². The van der Waals surface area contributed by atoms with E-state index >= 15 is 0 Å². The number of nitrogens with zero attached hydrogens (tertiary/aromatic N) is 3. The van der Waals surface area contributed by atoms with Crippen molar-refractivity contribution in [1.82, 2.24) is 14.5 Å². The minimum Gasteiger partial charge on any atom is -0.303 e. The maximum Gasteiger partial charge on any atom is 0.266 e. The number of aromatic nitrogens is 2. The number of aryl methyl sites for hydroxylation is 1. The van der Waals surface area contributed by atoms with Gasteiger partial charge >= 0.3 is 0 Å². The Labute approximate surface area is 164 Å². The van der Waals surface area contributed by atoms with Crippen molar-refractivity contribution in [1.29, 1.82) is 0 Å². The van der Waals surface area contributed by atoms with E-state index < -0.39 is 0 Å². The first-order chi connectivity index (χ1) is 13.2. The highest BCUT2D eigenvalue weighted by Crippen LogP contribution is 2.22.